The fourth-order valence-corrected chi connectivity index (χ4v) is 4.04. The van der Waals surface area contributed by atoms with E-state index < -0.39 is 5.97 Å². The van der Waals surface area contributed by atoms with Gasteiger partial charge in [0.05, 0.1) is 13.7 Å². The van der Waals surface area contributed by atoms with Crippen LogP contribution in [0.2, 0.25) is 0 Å². The zero-order valence-electron chi connectivity index (χ0n) is 16.7. The second-order valence-electron chi connectivity index (χ2n) is 7.05. The quantitative estimate of drug-likeness (QED) is 0.216. The van der Waals surface area contributed by atoms with Gasteiger partial charge >= 0.3 is 5.97 Å². The second-order valence-corrected chi connectivity index (χ2v) is 8.69. The number of carboxylic acids is 1. The number of benzene rings is 1. The summed E-state index contributed by atoms with van der Waals surface area (Å²) in [5.74, 6) is 0.0356. The topological polar surface area (TPSA) is 83.4 Å². The molecule has 0 aliphatic rings. The lowest BCUT2D eigenvalue weighted by Crippen LogP contribution is -2.78. The van der Waals surface area contributed by atoms with Crippen molar-refractivity contribution < 1.29 is 24.0 Å². The number of nitrogens with two attached hydrogens (primary N) is 1. The minimum absolute atomic E-state index is 0.0467. The normalized spacial score (nSPS) is 13.5. The van der Waals surface area contributed by atoms with Gasteiger partial charge in [-0.2, -0.15) is 0 Å². The Labute approximate surface area is 172 Å². The van der Waals surface area contributed by atoms with Crippen LogP contribution in [0.3, 0.4) is 0 Å². The lowest BCUT2D eigenvalue weighted by Gasteiger charge is -2.30. The van der Waals surface area contributed by atoms with Crippen molar-refractivity contribution in [2.24, 2.45) is 0 Å². The van der Waals surface area contributed by atoms with Gasteiger partial charge in [-0.3, -0.25) is 4.79 Å². The molecule has 0 amide bonds. The van der Waals surface area contributed by atoms with Gasteiger partial charge in [0.2, 0.25) is 0 Å². The molecule has 27 heavy (non-hydrogen) atoms. The third-order valence-electron chi connectivity index (χ3n) is 5.06. The summed E-state index contributed by atoms with van der Waals surface area (Å²) >= 11 is 2.27. The Morgan fingerprint density at radius 2 is 2.04 bits per heavy atom. The van der Waals surface area contributed by atoms with Crippen LogP contribution in [0.5, 0.6) is 0 Å². The molecule has 0 heterocycles. The zero-order chi connectivity index (χ0) is 20.1. The van der Waals surface area contributed by atoms with Gasteiger partial charge < -0.3 is 19.2 Å². The highest BCUT2D eigenvalue weighted by molar-refractivity contribution is 7.94. The van der Waals surface area contributed by atoms with Crippen molar-refractivity contribution in [2.75, 3.05) is 19.4 Å². The van der Waals surface area contributed by atoms with Crippen LogP contribution in [0.1, 0.15) is 64.4 Å². The van der Waals surface area contributed by atoms with Crippen LogP contribution in [-0.4, -0.2) is 35.0 Å². The average Bonchev–Trinajstić information content (AvgIpc) is 2.65. The molecule has 0 aliphatic carbocycles. The molecule has 0 saturated heterocycles. The Bertz CT molecular complexity index is 571. The number of hydrogen-bond donors (Lipinski definition) is 3. The lowest BCUT2D eigenvalue weighted by atomic mass is 9.75. The molecule has 7 heteroatoms. The molecule has 1 rings (SSSR count). The molecular weight excluding hydrogens is 382 g/mol. The maximum Gasteiger partial charge on any atom is 0.303 e. The number of aliphatic carboxylic acids is 1. The van der Waals surface area contributed by atoms with Crippen LogP contribution in [0.4, 0.5) is 5.69 Å². The van der Waals surface area contributed by atoms with Crippen LogP contribution in [0.15, 0.2) is 23.1 Å². The van der Waals surface area contributed by atoms with Crippen molar-refractivity contribution in [3.8, 4) is 0 Å². The number of hydrogen-bond acceptors (Lipinski definition) is 5. The van der Waals surface area contributed by atoms with Crippen LogP contribution in [0, 0.1) is 0 Å². The van der Waals surface area contributed by atoms with Gasteiger partial charge in [0.25, 0.3) is 0 Å². The van der Waals surface area contributed by atoms with E-state index in [1.807, 2.05) is 0 Å². The summed E-state index contributed by atoms with van der Waals surface area (Å²) < 4.78 is 14.1. The van der Waals surface area contributed by atoms with Crippen LogP contribution >= 0.6 is 24.1 Å². The summed E-state index contributed by atoms with van der Waals surface area (Å²) in [6, 6.07) is 6.50. The first-order valence-electron chi connectivity index (χ1n) is 9.63. The van der Waals surface area contributed by atoms with E-state index in [0.717, 1.165) is 67.8 Å². The fourth-order valence-electron chi connectivity index (χ4n) is 3.26. The number of unbranched alkanes of at least 4 members (excludes halogenated alkanes) is 2. The summed E-state index contributed by atoms with van der Waals surface area (Å²) in [6.45, 7) is 5.47. The van der Waals surface area contributed by atoms with Crippen molar-refractivity contribution in [1.29, 1.82) is 0 Å². The van der Waals surface area contributed by atoms with Gasteiger partial charge in [0.1, 0.15) is 5.69 Å². The van der Waals surface area contributed by atoms with Gasteiger partial charge in [0, 0.05) is 47.2 Å². The van der Waals surface area contributed by atoms with E-state index in [4.69, 9.17) is 13.8 Å². The van der Waals surface area contributed by atoms with Crippen molar-refractivity contribution in [3.63, 3.8) is 0 Å². The predicted octanol–water partition coefficient (Wildman–Crippen LogP) is 4.83. The monoisotopic (exact) mass is 416 g/mol. The van der Waals surface area contributed by atoms with Gasteiger partial charge in [-0.25, -0.2) is 0 Å². The van der Waals surface area contributed by atoms with Crippen LogP contribution < -0.4 is 5.32 Å². The Balaban J connectivity index is 2.89. The Hall–Kier alpha value is -0.730. The van der Waals surface area contributed by atoms with E-state index in [9.17, 15) is 4.79 Å². The molecule has 1 unspecified atom stereocenters. The van der Waals surface area contributed by atoms with E-state index in [-0.39, 0.29) is 11.8 Å². The fraction of sp³-hybridized carbons (Fsp3) is 0.650. The highest BCUT2D eigenvalue weighted by atomic mass is 32.2. The van der Waals surface area contributed by atoms with E-state index in [2.05, 4.69) is 37.4 Å². The smallest absolute Gasteiger partial charge is 0.303 e. The molecule has 0 saturated carbocycles. The minimum atomic E-state index is -0.713. The second kappa shape index (κ2) is 13.4. The first kappa shape index (κ1) is 24.3. The number of quaternary nitrogens is 1. The van der Waals surface area contributed by atoms with Crippen molar-refractivity contribution in [2.45, 2.75) is 69.1 Å². The Morgan fingerprint density at radius 1 is 1.26 bits per heavy atom. The van der Waals surface area contributed by atoms with E-state index in [0.29, 0.717) is 0 Å². The molecular formula is C20H34NO4S2+. The summed E-state index contributed by atoms with van der Waals surface area (Å²) in [5, 5.41) is 11.1. The molecule has 5 nitrogen and oxygen atoms in total. The standard InChI is InChI=1S/C20H33NO4S2/c1-4-20(2,12-7-5-6-9-19(22)23)17-15-16(27-25-3)10-11-18(17)21-13-8-14-26-24/h10-11,15,21,24H,4-9,12-14H2,1-3H3,(H,22,23)/p+1. The Kier molecular flexibility index (Phi) is 12.1. The van der Waals surface area contributed by atoms with Gasteiger partial charge in [-0.15, -0.1) is 0 Å². The largest absolute Gasteiger partial charge is 0.481 e. The van der Waals surface area contributed by atoms with Crippen molar-refractivity contribution in [1.82, 2.24) is 0 Å². The van der Waals surface area contributed by atoms with Crippen molar-refractivity contribution >= 4 is 35.7 Å². The zero-order valence-corrected chi connectivity index (χ0v) is 18.3. The number of rotatable bonds is 15. The first-order valence-corrected chi connectivity index (χ1v) is 11.3. The molecule has 4 N–H and O–H groups in total. The Morgan fingerprint density at radius 3 is 2.67 bits per heavy atom. The molecule has 1 aromatic rings. The number of carbonyl (C=O) groups is 1. The van der Waals surface area contributed by atoms with Gasteiger partial charge in [-0.05, 0) is 48.9 Å². The maximum absolute atomic E-state index is 10.7. The van der Waals surface area contributed by atoms with E-state index in [1.54, 1.807) is 7.11 Å². The molecule has 0 fully saturated rings. The summed E-state index contributed by atoms with van der Waals surface area (Å²) in [7, 11) is 1.68. The third kappa shape index (κ3) is 8.87. The molecule has 0 bridgehead atoms. The summed E-state index contributed by atoms with van der Waals surface area (Å²) in [5.41, 5.74) is 2.64. The minimum Gasteiger partial charge on any atom is -0.481 e. The molecule has 1 atom stereocenters. The predicted molar refractivity (Wildman–Crippen MR) is 114 cm³/mol. The molecule has 1 aromatic carbocycles. The highest BCUT2D eigenvalue weighted by Crippen LogP contribution is 2.38. The molecule has 154 valence electrons. The molecule has 0 aliphatic heterocycles. The van der Waals surface area contributed by atoms with E-state index >= 15 is 0 Å². The summed E-state index contributed by atoms with van der Waals surface area (Å²) in [6.07, 6.45) is 5.99. The maximum atomic E-state index is 10.7. The number of carboxylic acid groups (broad SMARTS) is 1. The van der Waals surface area contributed by atoms with Gasteiger partial charge in [-0.1, -0.05) is 26.7 Å². The average molecular weight is 417 g/mol. The SMILES string of the molecule is CCC(C)(CCCCCC(=O)O)c1cc(SOC)ccc1[NH2+]CCCSO. The van der Waals surface area contributed by atoms with Crippen molar-refractivity contribution in [3.05, 3.63) is 23.8 Å². The molecule has 0 aromatic heterocycles. The lowest BCUT2D eigenvalue weighted by molar-refractivity contribution is -0.572. The molecule has 0 radical (unpaired) electrons. The van der Waals surface area contributed by atoms with E-state index in [1.165, 1.54) is 23.3 Å². The van der Waals surface area contributed by atoms with Gasteiger partial charge in [0.15, 0.2) is 0 Å². The summed E-state index contributed by atoms with van der Waals surface area (Å²) in [4.78, 5) is 11.8. The first-order chi connectivity index (χ1) is 13.0. The molecule has 0 spiro atoms. The van der Waals surface area contributed by atoms with Crippen LogP contribution in [0.25, 0.3) is 0 Å². The highest BCUT2D eigenvalue weighted by Gasteiger charge is 2.29. The third-order valence-corrected chi connectivity index (χ3v) is 6.14. The van der Waals surface area contributed by atoms with Crippen LogP contribution in [-0.2, 0) is 14.4 Å².